The van der Waals surface area contributed by atoms with Crippen LogP contribution in [0.5, 0.6) is 5.75 Å². The largest absolute Gasteiger partial charge is 0.494 e. The van der Waals surface area contributed by atoms with Crippen LogP contribution in [0.1, 0.15) is 72.7 Å². The van der Waals surface area contributed by atoms with Gasteiger partial charge in [-0.1, -0.05) is 50.2 Å². The maximum absolute atomic E-state index is 6.28. The van der Waals surface area contributed by atoms with E-state index in [0.29, 0.717) is 12.0 Å². The fourth-order valence-corrected chi connectivity index (χ4v) is 6.54. The van der Waals surface area contributed by atoms with Crippen LogP contribution in [-0.2, 0) is 0 Å². The van der Waals surface area contributed by atoms with Gasteiger partial charge in [-0.2, -0.15) is 0 Å². The molecule has 3 aliphatic rings. The third-order valence-corrected chi connectivity index (χ3v) is 8.66. The van der Waals surface area contributed by atoms with E-state index in [2.05, 4.69) is 83.4 Å². The van der Waals surface area contributed by atoms with E-state index >= 15 is 0 Å². The van der Waals surface area contributed by atoms with Gasteiger partial charge in [0.15, 0.2) is 0 Å². The Kier molecular flexibility index (Phi) is 7.67. The van der Waals surface area contributed by atoms with Gasteiger partial charge in [0.1, 0.15) is 13.8 Å². The monoisotopic (exact) mass is 486 g/mol. The highest BCUT2D eigenvalue weighted by Crippen LogP contribution is 2.45. The molecular formula is C31H42N2OSi. The maximum Gasteiger partial charge on any atom is 0.129 e. The molecule has 3 heterocycles. The molecule has 2 saturated heterocycles. The second kappa shape index (κ2) is 10.9. The first kappa shape index (κ1) is 24.6. The summed E-state index contributed by atoms with van der Waals surface area (Å²) in [7, 11) is -1.39. The molecule has 0 N–H and O–H groups in total. The molecule has 0 radical (unpaired) electrons. The minimum atomic E-state index is -1.39. The maximum atomic E-state index is 6.28. The van der Waals surface area contributed by atoms with Crippen LogP contribution in [0.25, 0.3) is 0 Å². The van der Waals surface area contributed by atoms with Crippen LogP contribution in [0.3, 0.4) is 0 Å². The number of piperidine rings is 1. The number of hydrogen-bond donors (Lipinski definition) is 0. The van der Waals surface area contributed by atoms with Crippen molar-refractivity contribution in [3.63, 3.8) is 0 Å². The minimum Gasteiger partial charge on any atom is -0.494 e. The second-order valence-corrected chi connectivity index (χ2v) is 16.5. The molecule has 2 aromatic rings. The van der Waals surface area contributed by atoms with E-state index in [1.54, 1.807) is 0 Å². The van der Waals surface area contributed by atoms with E-state index in [4.69, 9.17) is 4.74 Å². The Balaban J connectivity index is 1.32. The summed E-state index contributed by atoms with van der Waals surface area (Å²) in [4.78, 5) is 5.30. The smallest absolute Gasteiger partial charge is 0.129 e. The van der Waals surface area contributed by atoms with Crippen molar-refractivity contribution in [3.8, 4) is 17.2 Å². The summed E-state index contributed by atoms with van der Waals surface area (Å²) >= 11 is 0. The van der Waals surface area contributed by atoms with Crippen molar-refractivity contribution < 1.29 is 4.74 Å². The van der Waals surface area contributed by atoms with Crippen LogP contribution >= 0.6 is 0 Å². The first-order chi connectivity index (χ1) is 17.0. The fraction of sp³-hybridized carbons (Fsp3) is 0.548. The number of nitrogens with zero attached hydrogens (tertiary/aromatic N) is 2. The molecule has 4 heteroatoms. The Morgan fingerprint density at radius 1 is 0.943 bits per heavy atom. The van der Waals surface area contributed by atoms with Gasteiger partial charge in [-0.25, -0.2) is 0 Å². The summed E-state index contributed by atoms with van der Waals surface area (Å²) in [5.41, 5.74) is 9.07. The molecule has 0 saturated carbocycles. The third kappa shape index (κ3) is 6.20. The van der Waals surface area contributed by atoms with Gasteiger partial charge in [0, 0.05) is 30.6 Å². The first-order valence-corrected chi connectivity index (χ1v) is 17.3. The SMILES string of the molecule is C[Si](C)(C)C#Cc1cccc([C@H]2CN3CCC[C@@H]3c3cc(OCCCN4CCCCC4)ccc32)c1. The van der Waals surface area contributed by atoms with E-state index in [0.717, 1.165) is 30.9 Å². The lowest BCUT2D eigenvalue weighted by molar-refractivity contribution is 0.204. The van der Waals surface area contributed by atoms with Crippen molar-refractivity contribution in [2.45, 2.75) is 70.1 Å². The van der Waals surface area contributed by atoms with Crippen molar-refractivity contribution >= 4 is 8.07 Å². The minimum absolute atomic E-state index is 0.404. The lowest BCUT2D eigenvalue weighted by Gasteiger charge is -2.38. The third-order valence-electron chi connectivity index (χ3n) is 7.78. The summed E-state index contributed by atoms with van der Waals surface area (Å²) in [5.74, 6) is 4.92. The molecule has 3 aliphatic heterocycles. The highest BCUT2D eigenvalue weighted by molar-refractivity contribution is 6.83. The molecule has 2 atom stereocenters. The summed E-state index contributed by atoms with van der Waals surface area (Å²) < 4.78 is 6.28. The Bertz CT molecular complexity index is 1070. The molecule has 2 fully saturated rings. The summed E-state index contributed by atoms with van der Waals surface area (Å²) in [6.07, 6.45) is 7.79. The number of benzene rings is 2. The molecule has 0 bridgehead atoms. The molecule has 186 valence electrons. The lowest BCUT2D eigenvalue weighted by Crippen LogP contribution is -2.34. The standard InChI is InChI=1S/C31H42N2OSi/c1-35(2,3)21-15-25-10-7-11-26(22-25)30-24-33-19-8-12-31(33)29-23-27(13-14-28(29)30)34-20-9-18-32-16-5-4-6-17-32/h7,10-11,13-14,22-23,30-31H,4-6,8-9,12,16-20,24H2,1-3H3/t30-,31-/m1/s1. The van der Waals surface area contributed by atoms with Gasteiger partial charge in [-0.3, -0.25) is 4.90 Å². The van der Waals surface area contributed by atoms with Crippen LogP contribution < -0.4 is 4.74 Å². The first-order valence-electron chi connectivity index (χ1n) is 13.8. The number of rotatable bonds is 6. The Labute approximate surface area is 213 Å². The quantitative estimate of drug-likeness (QED) is 0.265. The Morgan fingerprint density at radius 3 is 2.63 bits per heavy atom. The molecule has 0 amide bonds. The zero-order chi connectivity index (χ0) is 24.3. The second-order valence-electron chi connectivity index (χ2n) is 11.7. The van der Waals surface area contributed by atoms with Gasteiger partial charge in [0.25, 0.3) is 0 Å². The van der Waals surface area contributed by atoms with Crippen molar-refractivity contribution in [2.75, 3.05) is 39.3 Å². The van der Waals surface area contributed by atoms with Gasteiger partial charge in [0.2, 0.25) is 0 Å². The summed E-state index contributed by atoms with van der Waals surface area (Å²) in [6.45, 7) is 13.7. The predicted octanol–water partition coefficient (Wildman–Crippen LogP) is 6.45. The number of fused-ring (bicyclic) bond motifs is 3. The number of hydrogen-bond acceptors (Lipinski definition) is 3. The van der Waals surface area contributed by atoms with E-state index in [1.165, 1.54) is 75.0 Å². The van der Waals surface area contributed by atoms with Gasteiger partial charge in [0.05, 0.1) is 6.61 Å². The molecule has 3 nitrogen and oxygen atoms in total. The molecule has 5 rings (SSSR count). The average molecular weight is 487 g/mol. The zero-order valence-electron chi connectivity index (χ0n) is 22.0. The lowest BCUT2D eigenvalue weighted by atomic mass is 9.81. The van der Waals surface area contributed by atoms with Gasteiger partial charge in [-0.05, 0) is 92.7 Å². The molecule has 0 spiro atoms. The van der Waals surface area contributed by atoms with Gasteiger partial charge in [-0.15, -0.1) is 5.54 Å². The van der Waals surface area contributed by atoms with E-state index in [1.807, 2.05) is 0 Å². The van der Waals surface area contributed by atoms with Crippen LogP contribution in [0.2, 0.25) is 19.6 Å². The Hall–Kier alpha value is -2.06. The number of ether oxygens (including phenoxy) is 1. The van der Waals surface area contributed by atoms with Crippen LogP contribution in [-0.4, -0.2) is 57.2 Å². The van der Waals surface area contributed by atoms with Gasteiger partial charge >= 0.3 is 0 Å². The molecule has 0 aromatic heterocycles. The van der Waals surface area contributed by atoms with Crippen LogP contribution in [0, 0.1) is 11.5 Å². The highest BCUT2D eigenvalue weighted by atomic mass is 28.3. The molecular weight excluding hydrogens is 444 g/mol. The highest BCUT2D eigenvalue weighted by Gasteiger charge is 2.36. The molecule has 35 heavy (non-hydrogen) atoms. The van der Waals surface area contributed by atoms with Crippen LogP contribution in [0.15, 0.2) is 42.5 Å². The van der Waals surface area contributed by atoms with Gasteiger partial charge < -0.3 is 9.64 Å². The summed E-state index contributed by atoms with van der Waals surface area (Å²) in [6, 6.07) is 16.5. The average Bonchev–Trinajstić information content (AvgIpc) is 3.34. The van der Waals surface area contributed by atoms with E-state index in [-0.39, 0.29) is 0 Å². The molecule has 0 unspecified atom stereocenters. The molecule has 2 aromatic carbocycles. The van der Waals surface area contributed by atoms with Crippen molar-refractivity contribution in [1.29, 1.82) is 0 Å². The number of likely N-dealkylation sites (tertiary alicyclic amines) is 1. The normalized spacial score (nSPS) is 22.7. The topological polar surface area (TPSA) is 15.7 Å². The Morgan fingerprint density at radius 2 is 1.80 bits per heavy atom. The van der Waals surface area contributed by atoms with Crippen LogP contribution in [0.4, 0.5) is 0 Å². The van der Waals surface area contributed by atoms with Crippen molar-refractivity contribution in [3.05, 3.63) is 64.7 Å². The van der Waals surface area contributed by atoms with Crippen molar-refractivity contribution in [1.82, 2.24) is 9.80 Å². The predicted molar refractivity (Wildman–Crippen MR) is 149 cm³/mol. The van der Waals surface area contributed by atoms with Crippen molar-refractivity contribution in [2.24, 2.45) is 0 Å². The molecule has 0 aliphatic carbocycles. The van der Waals surface area contributed by atoms with E-state index < -0.39 is 8.07 Å². The fourth-order valence-electron chi connectivity index (χ4n) is 6.02. The van der Waals surface area contributed by atoms with E-state index in [9.17, 15) is 0 Å². The summed E-state index contributed by atoms with van der Waals surface area (Å²) in [5, 5.41) is 0. The zero-order valence-corrected chi connectivity index (χ0v) is 23.0.